The fourth-order valence-corrected chi connectivity index (χ4v) is 2.24. The molecule has 2 aromatic rings. The molecule has 6 heteroatoms. The predicted molar refractivity (Wildman–Crippen MR) is 98.0 cm³/mol. The van der Waals surface area contributed by atoms with Gasteiger partial charge in [0.05, 0.1) is 29.7 Å². The van der Waals surface area contributed by atoms with E-state index < -0.39 is 0 Å². The van der Waals surface area contributed by atoms with Gasteiger partial charge in [-0.25, -0.2) is 9.78 Å². The molecule has 2 rings (SSSR count). The van der Waals surface area contributed by atoms with Gasteiger partial charge in [0.2, 0.25) is 5.91 Å². The largest absolute Gasteiger partial charge is 0.462 e. The number of anilines is 3. The van der Waals surface area contributed by atoms with Crippen molar-refractivity contribution in [3.63, 3.8) is 0 Å². The number of ether oxygens (including phenoxy) is 1. The van der Waals surface area contributed by atoms with E-state index in [9.17, 15) is 9.59 Å². The van der Waals surface area contributed by atoms with Crippen LogP contribution in [0.15, 0.2) is 42.6 Å². The zero-order valence-electron chi connectivity index (χ0n) is 14.7. The van der Waals surface area contributed by atoms with Crippen LogP contribution in [0.1, 0.15) is 37.6 Å². The summed E-state index contributed by atoms with van der Waals surface area (Å²) in [6.07, 6.45) is 2.06. The van der Waals surface area contributed by atoms with Crippen LogP contribution in [0, 0.1) is 5.92 Å². The van der Waals surface area contributed by atoms with Crippen LogP contribution in [-0.2, 0) is 9.53 Å². The second-order valence-corrected chi connectivity index (χ2v) is 5.97. The lowest BCUT2D eigenvalue weighted by atomic mass is 10.1. The summed E-state index contributed by atoms with van der Waals surface area (Å²) in [5.41, 5.74) is 1.80. The first kappa shape index (κ1) is 18.4. The predicted octanol–water partition coefficient (Wildman–Crippen LogP) is 3.99. The minimum absolute atomic E-state index is 0.0594. The van der Waals surface area contributed by atoms with E-state index in [1.165, 1.54) is 0 Å². The summed E-state index contributed by atoms with van der Waals surface area (Å²) in [6, 6.07) is 10.6. The Hall–Kier alpha value is -2.89. The number of carbonyl (C=O) groups is 2. The zero-order chi connectivity index (χ0) is 18.2. The molecule has 0 spiro atoms. The Kier molecular flexibility index (Phi) is 6.51. The molecule has 0 bridgehead atoms. The van der Waals surface area contributed by atoms with Crippen molar-refractivity contribution in [2.45, 2.75) is 27.2 Å². The Morgan fingerprint density at radius 3 is 2.56 bits per heavy atom. The Morgan fingerprint density at radius 1 is 1.16 bits per heavy atom. The third-order valence-electron chi connectivity index (χ3n) is 3.33. The molecular weight excluding hydrogens is 318 g/mol. The molecule has 0 aliphatic rings. The van der Waals surface area contributed by atoms with Crippen molar-refractivity contribution in [1.29, 1.82) is 0 Å². The maximum Gasteiger partial charge on any atom is 0.340 e. The summed E-state index contributed by atoms with van der Waals surface area (Å²) < 4.78 is 5.06. The molecule has 0 fully saturated rings. The average molecular weight is 341 g/mol. The highest BCUT2D eigenvalue weighted by Crippen LogP contribution is 2.22. The van der Waals surface area contributed by atoms with Gasteiger partial charge in [0.25, 0.3) is 0 Å². The van der Waals surface area contributed by atoms with Crippen molar-refractivity contribution >= 4 is 29.1 Å². The first-order chi connectivity index (χ1) is 12.0. The molecule has 25 heavy (non-hydrogen) atoms. The summed E-state index contributed by atoms with van der Waals surface area (Å²) in [5, 5.41) is 5.91. The number of pyridine rings is 1. The summed E-state index contributed by atoms with van der Waals surface area (Å²) in [5.74, 6) is 0.349. The minimum atomic E-state index is -0.379. The molecule has 0 radical (unpaired) electrons. The van der Waals surface area contributed by atoms with Gasteiger partial charge in [-0.15, -0.1) is 0 Å². The van der Waals surface area contributed by atoms with Gasteiger partial charge in [-0.2, -0.15) is 0 Å². The van der Waals surface area contributed by atoms with Crippen LogP contribution in [0.25, 0.3) is 0 Å². The molecule has 2 N–H and O–H groups in total. The number of para-hydroxylation sites is 1. The van der Waals surface area contributed by atoms with E-state index in [1.54, 1.807) is 43.5 Å². The van der Waals surface area contributed by atoms with Gasteiger partial charge in [0.15, 0.2) is 0 Å². The highest BCUT2D eigenvalue weighted by Gasteiger charge is 2.12. The number of hydrogen-bond donors (Lipinski definition) is 2. The maximum atomic E-state index is 12.0. The van der Waals surface area contributed by atoms with Crippen LogP contribution < -0.4 is 10.6 Å². The number of hydrogen-bond acceptors (Lipinski definition) is 5. The SMILES string of the molecule is CCOC(=O)c1ccccc1Nc1ccc(NC(=O)CC(C)C)nc1. The normalized spacial score (nSPS) is 10.4. The molecule has 1 aromatic carbocycles. The molecule has 1 aromatic heterocycles. The van der Waals surface area contributed by atoms with E-state index in [2.05, 4.69) is 15.6 Å². The van der Waals surface area contributed by atoms with E-state index in [0.717, 1.165) is 0 Å². The molecule has 132 valence electrons. The van der Waals surface area contributed by atoms with Crippen molar-refractivity contribution < 1.29 is 14.3 Å². The van der Waals surface area contributed by atoms with E-state index in [0.29, 0.717) is 41.7 Å². The first-order valence-electron chi connectivity index (χ1n) is 8.28. The van der Waals surface area contributed by atoms with Crippen molar-refractivity contribution in [3.05, 3.63) is 48.2 Å². The standard InChI is InChI=1S/C19H23N3O3/c1-4-25-19(24)15-7-5-6-8-16(15)21-14-9-10-17(20-12-14)22-18(23)11-13(2)3/h5-10,12-13,21H,4,11H2,1-3H3,(H,20,22,23). The molecule has 0 saturated carbocycles. The maximum absolute atomic E-state index is 12.0. The van der Waals surface area contributed by atoms with Gasteiger partial charge >= 0.3 is 5.97 Å². The molecule has 1 amide bonds. The Labute approximate surface area is 147 Å². The van der Waals surface area contributed by atoms with E-state index in [-0.39, 0.29) is 11.9 Å². The van der Waals surface area contributed by atoms with Crippen LogP contribution in [0.4, 0.5) is 17.2 Å². The fourth-order valence-electron chi connectivity index (χ4n) is 2.24. The number of benzene rings is 1. The molecule has 0 aliphatic carbocycles. The molecule has 0 saturated heterocycles. The number of rotatable bonds is 7. The fraction of sp³-hybridized carbons (Fsp3) is 0.316. The smallest absolute Gasteiger partial charge is 0.340 e. The van der Waals surface area contributed by atoms with Crippen molar-refractivity contribution in [3.8, 4) is 0 Å². The third-order valence-corrected chi connectivity index (χ3v) is 3.33. The van der Waals surface area contributed by atoms with Crippen LogP contribution in [0.2, 0.25) is 0 Å². The highest BCUT2D eigenvalue weighted by atomic mass is 16.5. The second kappa shape index (κ2) is 8.82. The van der Waals surface area contributed by atoms with Gasteiger partial charge in [-0.05, 0) is 37.1 Å². The van der Waals surface area contributed by atoms with E-state index in [1.807, 2.05) is 19.9 Å². The number of esters is 1. The topological polar surface area (TPSA) is 80.3 Å². The number of nitrogens with zero attached hydrogens (tertiary/aromatic N) is 1. The summed E-state index contributed by atoms with van der Waals surface area (Å²) in [4.78, 5) is 28.0. The van der Waals surface area contributed by atoms with Crippen molar-refractivity contribution in [2.24, 2.45) is 5.92 Å². The third kappa shape index (κ3) is 5.60. The van der Waals surface area contributed by atoms with Gasteiger partial charge in [-0.3, -0.25) is 4.79 Å². The lowest BCUT2D eigenvalue weighted by Gasteiger charge is -2.12. The lowest BCUT2D eigenvalue weighted by Crippen LogP contribution is -2.14. The van der Waals surface area contributed by atoms with Crippen LogP contribution in [0.5, 0.6) is 0 Å². The summed E-state index contributed by atoms with van der Waals surface area (Å²) >= 11 is 0. The number of nitrogens with one attached hydrogen (secondary N) is 2. The van der Waals surface area contributed by atoms with Crippen LogP contribution in [0.3, 0.4) is 0 Å². The Morgan fingerprint density at radius 2 is 1.92 bits per heavy atom. The second-order valence-electron chi connectivity index (χ2n) is 5.97. The molecular formula is C19H23N3O3. The zero-order valence-corrected chi connectivity index (χ0v) is 14.7. The monoisotopic (exact) mass is 341 g/mol. The minimum Gasteiger partial charge on any atom is -0.462 e. The lowest BCUT2D eigenvalue weighted by molar-refractivity contribution is -0.116. The van der Waals surface area contributed by atoms with Crippen LogP contribution in [-0.4, -0.2) is 23.5 Å². The first-order valence-corrected chi connectivity index (χ1v) is 8.28. The van der Waals surface area contributed by atoms with Crippen molar-refractivity contribution in [2.75, 3.05) is 17.2 Å². The molecule has 1 heterocycles. The quantitative estimate of drug-likeness (QED) is 0.744. The van der Waals surface area contributed by atoms with E-state index in [4.69, 9.17) is 4.74 Å². The Balaban J connectivity index is 2.07. The van der Waals surface area contributed by atoms with E-state index >= 15 is 0 Å². The summed E-state index contributed by atoms with van der Waals surface area (Å²) in [7, 11) is 0. The highest BCUT2D eigenvalue weighted by molar-refractivity contribution is 5.96. The van der Waals surface area contributed by atoms with Gasteiger partial charge in [0.1, 0.15) is 5.82 Å². The number of aromatic nitrogens is 1. The van der Waals surface area contributed by atoms with Gasteiger partial charge in [-0.1, -0.05) is 26.0 Å². The molecule has 0 atom stereocenters. The molecule has 0 aliphatic heterocycles. The number of carbonyl (C=O) groups excluding carboxylic acids is 2. The van der Waals surface area contributed by atoms with Crippen LogP contribution >= 0.6 is 0 Å². The summed E-state index contributed by atoms with van der Waals surface area (Å²) in [6.45, 7) is 6.06. The number of amides is 1. The van der Waals surface area contributed by atoms with Crippen molar-refractivity contribution in [1.82, 2.24) is 4.98 Å². The van der Waals surface area contributed by atoms with Gasteiger partial charge in [0, 0.05) is 6.42 Å². The molecule has 0 unspecified atom stereocenters. The molecule has 6 nitrogen and oxygen atoms in total. The Bertz CT molecular complexity index is 727. The average Bonchev–Trinajstić information content (AvgIpc) is 2.56. The van der Waals surface area contributed by atoms with Gasteiger partial charge < -0.3 is 15.4 Å².